The highest BCUT2D eigenvalue weighted by Crippen LogP contribution is 2.14. The van der Waals surface area contributed by atoms with Crippen molar-refractivity contribution in [1.82, 2.24) is 15.1 Å². The van der Waals surface area contributed by atoms with E-state index >= 15 is 0 Å². The molecule has 18 heavy (non-hydrogen) atoms. The smallest absolute Gasteiger partial charge is 0.0628 e. The molecule has 0 amide bonds. The van der Waals surface area contributed by atoms with E-state index in [2.05, 4.69) is 42.8 Å². The van der Waals surface area contributed by atoms with Crippen LogP contribution in [0.4, 0.5) is 0 Å². The van der Waals surface area contributed by atoms with Gasteiger partial charge < -0.3 is 5.32 Å². The van der Waals surface area contributed by atoms with Crippen LogP contribution in [-0.4, -0.2) is 22.9 Å². The molecule has 0 aliphatic carbocycles. The van der Waals surface area contributed by atoms with E-state index in [4.69, 9.17) is 0 Å². The molecule has 1 aromatic rings. The van der Waals surface area contributed by atoms with Gasteiger partial charge in [0, 0.05) is 12.2 Å². The van der Waals surface area contributed by atoms with Gasteiger partial charge in [-0.15, -0.1) is 0 Å². The van der Waals surface area contributed by atoms with Gasteiger partial charge in [0.2, 0.25) is 0 Å². The second-order valence-electron chi connectivity index (χ2n) is 5.04. The van der Waals surface area contributed by atoms with Crippen molar-refractivity contribution in [2.24, 2.45) is 0 Å². The molecule has 0 aliphatic heterocycles. The van der Waals surface area contributed by atoms with Crippen LogP contribution in [0.5, 0.6) is 0 Å². The van der Waals surface area contributed by atoms with Crippen molar-refractivity contribution < 1.29 is 0 Å². The monoisotopic (exact) mass is 251 g/mol. The summed E-state index contributed by atoms with van der Waals surface area (Å²) in [4.78, 5) is 0. The van der Waals surface area contributed by atoms with Crippen LogP contribution in [0.25, 0.3) is 0 Å². The summed E-state index contributed by atoms with van der Waals surface area (Å²) < 4.78 is 2.20. The van der Waals surface area contributed by atoms with E-state index in [1.165, 1.54) is 42.6 Å². The van der Waals surface area contributed by atoms with Crippen molar-refractivity contribution in [1.29, 1.82) is 0 Å². The molecule has 1 heterocycles. The van der Waals surface area contributed by atoms with Crippen molar-refractivity contribution in [3.63, 3.8) is 0 Å². The van der Waals surface area contributed by atoms with Crippen LogP contribution in [0.2, 0.25) is 0 Å². The Morgan fingerprint density at radius 2 is 1.89 bits per heavy atom. The van der Waals surface area contributed by atoms with E-state index in [0.29, 0.717) is 0 Å². The van der Waals surface area contributed by atoms with E-state index in [1.54, 1.807) is 0 Å². The zero-order valence-electron chi connectivity index (χ0n) is 12.6. The van der Waals surface area contributed by atoms with Crippen molar-refractivity contribution in [2.45, 2.75) is 66.3 Å². The topological polar surface area (TPSA) is 29.9 Å². The van der Waals surface area contributed by atoms with Gasteiger partial charge in [0.1, 0.15) is 0 Å². The summed E-state index contributed by atoms with van der Waals surface area (Å²) in [7, 11) is 0. The molecule has 0 saturated heterocycles. The van der Waals surface area contributed by atoms with Crippen LogP contribution < -0.4 is 5.32 Å². The third kappa shape index (κ3) is 4.45. The number of unbranched alkanes of at least 4 members (excludes halogenated alkanes) is 3. The zero-order chi connectivity index (χ0) is 13.4. The standard InChI is InChI=1S/C15H29N3/c1-5-7-8-9-12-18-14(4)15(13(3)17-18)10-11-16-6-2/h16H,5-12H2,1-4H3. The van der Waals surface area contributed by atoms with Gasteiger partial charge in [-0.1, -0.05) is 33.1 Å². The van der Waals surface area contributed by atoms with Gasteiger partial charge in [0.25, 0.3) is 0 Å². The second-order valence-corrected chi connectivity index (χ2v) is 5.04. The number of aromatic nitrogens is 2. The summed E-state index contributed by atoms with van der Waals surface area (Å²) in [5, 5.41) is 8.06. The zero-order valence-corrected chi connectivity index (χ0v) is 12.6. The fraction of sp³-hybridized carbons (Fsp3) is 0.800. The molecular weight excluding hydrogens is 222 g/mol. The van der Waals surface area contributed by atoms with Crippen LogP contribution in [0.1, 0.15) is 56.5 Å². The first kappa shape index (κ1) is 15.2. The number of likely N-dealkylation sites (N-methyl/N-ethyl adjacent to an activating group) is 1. The quantitative estimate of drug-likeness (QED) is 0.683. The summed E-state index contributed by atoms with van der Waals surface area (Å²) >= 11 is 0. The van der Waals surface area contributed by atoms with E-state index in [-0.39, 0.29) is 0 Å². The minimum Gasteiger partial charge on any atom is -0.317 e. The Morgan fingerprint density at radius 3 is 2.56 bits per heavy atom. The molecule has 0 fully saturated rings. The van der Waals surface area contributed by atoms with Crippen LogP contribution in [-0.2, 0) is 13.0 Å². The maximum atomic E-state index is 4.68. The lowest BCUT2D eigenvalue weighted by Gasteiger charge is -2.06. The normalized spacial score (nSPS) is 11.1. The van der Waals surface area contributed by atoms with Gasteiger partial charge in [0.15, 0.2) is 0 Å². The van der Waals surface area contributed by atoms with Crippen molar-refractivity contribution >= 4 is 0 Å². The highest BCUT2D eigenvalue weighted by molar-refractivity contribution is 5.24. The lowest BCUT2D eigenvalue weighted by molar-refractivity contribution is 0.529. The Labute approximate surface area is 112 Å². The summed E-state index contributed by atoms with van der Waals surface area (Å²) in [5.41, 5.74) is 4.01. The first-order valence-electron chi connectivity index (χ1n) is 7.44. The summed E-state index contributed by atoms with van der Waals surface area (Å²) in [5.74, 6) is 0. The molecule has 0 bridgehead atoms. The average molecular weight is 251 g/mol. The van der Waals surface area contributed by atoms with Crippen LogP contribution in [0.3, 0.4) is 0 Å². The van der Waals surface area contributed by atoms with E-state index in [9.17, 15) is 0 Å². The first-order chi connectivity index (χ1) is 8.70. The highest BCUT2D eigenvalue weighted by atomic mass is 15.3. The van der Waals surface area contributed by atoms with Crippen LogP contribution in [0, 0.1) is 13.8 Å². The second kappa shape index (κ2) is 8.30. The number of nitrogens with one attached hydrogen (secondary N) is 1. The molecule has 0 aromatic carbocycles. The number of rotatable bonds is 9. The lowest BCUT2D eigenvalue weighted by atomic mass is 10.1. The Hall–Kier alpha value is -0.830. The Morgan fingerprint density at radius 1 is 1.11 bits per heavy atom. The molecular formula is C15H29N3. The molecule has 1 rings (SSSR count). The largest absolute Gasteiger partial charge is 0.317 e. The molecule has 0 radical (unpaired) electrons. The summed E-state index contributed by atoms with van der Waals surface area (Å²) in [6.45, 7) is 11.9. The minimum atomic E-state index is 1.04. The Kier molecular flexibility index (Phi) is 7.02. The fourth-order valence-corrected chi connectivity index (χ4v) is 2.39. The van der Waals surface area contributed by atoms with E-state index in [1.807, 2.05) is 0 Å². The fourth-order valence-electron chi connectivity index (χ4n) is 2.39. The number of hydrogen-bond acceptors (Lipinski definition) is 2. The van der Waals surface area contributed by atoms with Gasteiger partial charge in [-0.05, 0) is 45.3 Å². The van der Waals surface area contributed by atoms with E-state index in [0.717, 1.165) is 26.1 Å². The van der Waals surface area contributed by atoms with Crippen LogP contribution >= 0.6 is 0 Å². The minimum absolute atomic E-state index is 1.04. The maximum Gasteiger partial charge on any atom is 0.0628 e. The highest BCUT2D eigenvalue weighted by Gasteiger charge is 2.10. The van der Waals surface area contributed by atoms with Crippen molar-refractivity contribution in [3.8, 4) is 0 Å². The van der Waals surface area contributed by atoms with Gasteiger partial charge in [0.05, 0.1) is 5.69 Å². The molecule has 0 atom stereocenters. The van der Waals surface area contributed by atoms with Crippen molar-refractivity contribution in [3.05, 3.63) is 17.0 Å². The van der Waals surface area contributed by atoms with Gasteiger partial charge in [-0.3, -0.25) is 4.68 Å². The van der Waals surface area contributed by atoms with Crippen molar-refractivity contribution in [2.75, 3.05) is 13.1 Å². The molecule has 3 heteroatoms. The predicted octanol–water partition coefficient (Wildman–Crippen LogP) is 3.23. The third-order valence-electron chi connectivity index (χ3n) is 3.56. The molecule has 104 valence electrons. The summed E-state index contributed by atoms with van der Waals surface area (Å²) in [6.07, 6.45) is 6.31. The van der Waals surface area contributed by atoms with E-state index < -0.39 is 0 Å². The maximum absolute atomic E-state index is 4.68. The SMILES string of the molecule is CCCCCCn1nc(C)c(CCNCC)c1C. The number of hydrogen-bond donors (Lipinski definition) is 1. The number of aryl methyl sites for hydroxylation is 2. The van der Waals surface area contributed by atoms with Gasteiger partial charge in [-0.25, -0.2) is 0 Å². The molecule has 0 spiro atoms. The molecule has 3 nitrogen and oxygen atoms in total. The van der Waals surface area contributed by atoms with Gasteiger partial charge >= 0.3 is 0 Å². The molecule has 1 aromatic heterocycles. The lowest BCUT2D eigenvalue weighted by Crippen LogP contribution is -2.16. The predicted molar refractivity (Wildman–Crippen MR) is 78.1 cm³/mol. The molecule has 0 unspecified atom stereocenters. The average Bonchev–Trinajstić information content (AvgIpc) is 2.62. The Balaban J connectivity index is 2.51. The summed E-state index contributed by atoms with van der Waals surface area (Å²) in [6, 6.07) is 0. The molecule has 0 saturated carbocycles. The van der Waals surface area contributed by atoms with Crippen LogP contribution in [0.15, 0.2) is 0 Å². The van der Waals surface area contributed by atoms with Gasteiger partial charge in [-0.2, -0.15) is 5.10 Å². The molecule has 0 aliphatic rings. The Bertz CT molecular complexity index is 342. The first-order valence-corrected chi connectivity index (χ1v) is 7.44. The third-order valence-corrected chi connectivity index (χ3v) is 3.56. The molecule has 1 N–H and O–H groups in total. The number of nitrogens with zero attached hydrogens (tertiary/aromatic N) is 2.